The van der Waals surface area contributed by atoms with Crippen molar-refractivity contribution in [3.63, 3.8) is 0 Å². The van der Waals surface area contributed by atoms with Crippen LogP contribution in [0.25, 0.3) is 0 Å². The van der Waals surface area contributed by atoms with Gasteiger partial charge in [0.05, 0.1) is 6.10 Å². The van der Waals surface area contributed by atoms with Crippen LogP contribution in [0.15, 0.2) is 12.4 Å². The second-order valence-corrected chi connectivity index (χ2v) is 4.91. The van der Waals surface area contributed by atoms with Crippen molar-refractivity contribution in [3.8, 4) is 0 Å². The van der Waals surface area contributed by atoms with Crippen LogP contribution in [0.2, 0.25) is 0 Å². The van der Waals surface area contributed by atoms with Crippen LogP contribution in [0.4, 0.5) is 5.95 Å². The molecule has 2 unspecified atom stereocenters. The van der Waals surface area contributed by atoms with Crippen molar-refractivity contribution in [1.29, 1.82) is 0 Å². The highest BCUT2D eigenvalue weighted by molar-refractivity contribution is 5.31. The summed E-state index contributed by atoms with van der Waals surface area (Å²) < 4.78 is 0. The maximum Gasteiger partial charge on any atom is 0.225 e. The Balaban J connectivity index is 1.94. The highest BCUT2D eigenvalue weighted by Gasteiger charge is 2.27. The summed E-state index contributed by atoms with van der Waals surface area (Å²) in [5.74, 6) is 1.12. The smallest absolute Gasteiger partial charge is 0.225 e. The third kappa shape index (κ3) is 3.17. The number of aliphatic hydroxyl groups excluding tert-OH is 1. The molecule has 0 aromatic carbocycles. The fourth-order valence-corrected chi connectivity index (χ4v) is 2.23. The van der Waals surface area contributed by atoms with Crippen molar-refractivity contribution < 1.29 is 5.11 Å². The molecule has 18 heavy (non-hydrogen) atoms. The number of aromatic nitrogens is 2. The first kappa shape index (κ1) is 13.2. The Hall–Kier alpha value is -1.20. The summed E-state index contributed by atoms with van der Waals surface area (Å²) in [7, 11) is 0. The Bertz CT molecular complexity index is 366. The van der Waals surface area contributed by atoms with E-state index in [0.717, 1.165) is 44.1 Å². The number of rotatable bonds is 5. The van der Waals surface area contributed by atoms with E-state index in [2.05, 4.69) is 27.1 Å². The summed E-state index contributed by atoms with van der Waals surface area (Å²) in [5, 5.41) is 12.8. The minimum absolute atomic E-state index is 0.247. The first-order valence-corrected chi connectivity index (χ1v) is 6.65. The van der Waals surface area contributed by atoms with Gasteiger partial charge in [-0.05, 0) is 19.9 Å². The normalized spacial score (nSPS) is 21.3. The van der Waals surface area contributed by atoms with E-state index in [9.17, 15) is 5.11 Å². The molecule has 100 valence electrons. The lowest BCUT2D eigenvalue weighted by atomic mass is 10.0. The summed E-state index contributed by atoms with van der Waals surface area (Å²) >= 11 is 0. The maximum atomic E-state index is 9.58. The second kappa shape index (κ2) is 6.11. The molecular formula is C13H22N4O. The van der Waals surface area contributed by atoms with Crippen molar-refractivity contribution in [2.45, 2.75) is 32.9 Å². The van der Waals surface area contributed by atoms with Crippen LogP contribution >= 0.6 is 0 Å². The number of anilines is 1. The topological polar surface area (TPSA) is 61.3 Å². The van der Waals surface area contributed by atoms with Gasteiger partial charge in [-0.1, -0.05) is 6.92 Å². The van der Waals surface area contributed by atoms with Crippen LogP contribution in [0, 0.1) is 5.92 Å². The number of aliphatic hydroxyl groups is 1. The second-order valence-electron chi connectivity index (χ2n) is 4.91. The summed E-state index contributed by atoms with van der Waals surface area (Å²) in [4.78, 5) is 10.9. The first-order valence-electron chi connectivity index (χ1n) is 6.65. The Morgan fingerprint density at radius 1 is 1.50 bits per heavy atom. The molecule has 0 spiro atoms. The molecule has 2 N–H and O–H groups in total. The zero-order valence-corrected chi connectivity index (χ0v) is 11.1. The van der Waals surface area contributed by atoms with E-state index in [1.807, 2.05) is 19.3 Å². The van der Waals surface area contributed by atoms with Gasteiger partial charge in [-0.25, -0.2) is 9.97 Å². The quantitative estimate of drug-likeness (QED) is 0.809. The predicted molar refractivity (Wildman–Crippen MR) is 71.4 cm³/mol. The van der Waals surface area contributed by atoms with Crippen molar-refractivity contribution in [2.75, 3.05) is 24.5 Å². The van der Waals surface area contributed by atoms with Gasteiger partial charge in [0.15, 0.2) is 0 Å². The van der Waals surface area contributed by atoms with Gasteiger partial charge < -0.3 is 15.3 Å². The van der Waals surface area contributed by atoms with Crippen molar-refractivity contribution in [2.24, 2.45) is 5.92 Å². The summed E-state index contributed by atoms with van der Waals surface area (Å²) in [6.07, 6.45) is 4.52. The molecule has 1 aromatic heterocycles. The van der Waals surface area contributed by atoms with Crippen LogP contribution in [-0.2, 0) is 6.54 Å². The molecule has 1 aliphatic heterocycles. The first-order chi connectivity index (χ1) is 8.70. The maximum absolute atomic E-state index is 9.58. The van der Waals surface area contributed by atoms with Gasteiger partial charge in [0.1, 0.15) is 0 Å². The SMILES string of the molecule is CCNCc1cnc(N2CCC(C(C)O)C2)nc1. The van der Waals surface area contributed by atoms with Crippen LogP contribution in [0.1, 0.15) is 25.8 Å². The summed E-state index contributed by atoms with van der Waals surface area (Å²) in [6, 6.07) is 0. The number of hydrogen-bond acceptors (Lipinski definition) is 5. The Morgan fingerprint density at radius 2 is 2.22 bits per heavy atom. The Morgan fingerprint density at radius 3 is 2.78 bits per heavy atom. The van der Waals surface area contributed by atoms with Crippen molar-refractivity contribution >= 4 is 5.95 Å². The minimum atomic E-state index is -0.247. The van der Waals surface area contributed by atoms with Crippen LogP contribution in [0.3, 0.4) is 0 Å². The third-order valence-electron chi connectivity index (χ3n) is 3.46. The molecule has 1 fully saturated rings. The molecule has 0 amide bonds. The molecule has 0 aliphatic carbocycles. The number of hydrogen-bond donors (Lipinski definition) is 2. The van der Waals surface area contributed by atoms with E-state index in [1.54, 1.807) is 0 Å². The Kier molecular flexibility index (Phi) is 4.49. The predicted octanol–water partition coefficient (Wildman–Crippen LogP) is 0.793. The van der Waals surface area contributed by atoms with Gasteiger partial charge >= 0.3 is 0 Å². The van der Waals surface area contributed by atoms with Crippen LogP contribution in [0.5, 0.6) is 0 Å². The van der Waals surface area contributed by atoms with Gasteiger partial charge in [-0.15, -0.1) is 0 Å². The van der Waals surface area contributed by atoms with Gasteiger partial charge in [0.2, 0.25) is 5.95 Å². The van der Waals surface area contributed by atoms with E-state index in [0.29, 0.717) is 5.92 Å². The highest BCUT2D eigenvalue weighted by Crippen LogP contribution is 2.22. The zero-order chi connectivity index (χ0) is 13.0. The fourth-order valence-electron chi connectivity index (χ4n) is 2.23. The van der Waals surface area contributed by atoms with Gasteiger partial charge in [-0.2, -0.15) is 0 Å². The van der Waals surface area contributed by atoms with E-state index in [-0.39, 0.29) is 6.10 Å². The lowest BCUT2D eigenvalue weighted by Crippen LogP contribution is -2.25. The van der Waals surface area contributed by atoms with Crippen molar-refractivity contribution in [1.82, 2.24) is 15.3 Å². The average molecular weight is 250 g/mol. The van der Waals surface area contributed by atoms with E-state index < -0.39 is 0 Å². The lowest BCUT2D eigenvalue weighted by Gasteiger charge is -2.17. The molecule has 2 atom stereocenters. The van der Waals surface area contributed by atoms with Gasteiger partial charge in [-0.3, -0.25) is 0 Å². The Labute approximate surface area is 108 Å². The number of nitrogens with one attached hydrogen (secondary N) is 1. The van der Waals surface area contributed by atoms with E-state index in [1.165, 1.54) is 0 Å². The van der Waals surface area contributed by atoms with Crippen LogP contribution < -0.4 is 10.2 Å². The molecule has 1 saturated heterocycles. The minimum Gasteiger partial charge on any atom is -0.393 e. The molecule has 1 aliphatic rings. The largest absolute Gasteiger partial charge is 0.393 e. The molecule has 5 heteroatoms. The molecule has 0 radical (unpaired) electrons. The van der Waals surface area contributed by atoms with E-state index >= 15 is 0 Å². The number of nitrogens with zero attached hydrogens (tertiary/aromatic N) is 3. The molecule has 2 rings (SSSR count). The van der Waals surface area contributed by atoms with Gasteiger partial charge in [0, 0.05) is 43.5 Å². The standard InChI is InChI=1S/C13H22N4O/c1-3-14-6-11-7-15-13(16-8-11)17-5-4-12(9-17)10(2)18/h7-8,10,12,14,18H,3-6,9H2,1-2H3. The molecule has 1 aromatic rings. The molecular weight excluding hydrogens is 228 g/mol. The molecule has 5 nitrogen and oxygen atoms in total. The molecule has 0 bridgehead atoms. The zero-order valence-electron chi connectivity index (χ0n) is 11.1. The monoisotopic (exact) mass is 250 g/mol. The average Bonchev–Trinajstić information content (AvgIpc) is 2.87. The highest BCUT2D eigenvalue weighted by atomic mass is 16.3. The fraction of sp³-hybridized carbons (Fsp3) is 0.692. The van der Waals surface area contributed by atoms with Crippen molar-refractivity contribution in [3.05, 3.63) is 18.0 Å². The van der Waals surface area contributed by atoms with Crippen LogP contribution in [-0.4, -0.2) is 40.8 Å². The van der Waals surface area contributed by atoms with E-state index in [4.69, 9.17) is 0 Å². The lowest BCUT2D eigenvalue weighted by molar-refractivity contribution is 0.136. The van der Waals surface area contributed by atoms with Gasteiger partial charge in [0.25, 0.3) is 0 Å². The third-order valence-corrected chi connectivity index (χ3v) is 3.46. The molecule has 0 saturated carbocycles. The summed E-state index contributed by atoms with van der Waals surface area (Å²) in [5.41, 5.74) is 1.10. The summed E-state index contributed by atoms with van der Waals surface area (Å²) in [6.45, 7) is 7.48. The molecule has 2 heterocycles.